The normalized spacial score (nSPS) is 15.2. The van der Waals surface area contributed by atoms with E-state index in [4.69, 9.17) is 5.73 Å². The van der Waals surface area contributed by atoms with Crippen molar-refractivity contribution >= 4 is 27.5 Å². The van der Waals surface area contributed by atoms with Gasteiger partial charge in [-0.3, -0.25) is 14.3 Å². The Hall–Kier alpha value is -2.87. The maximum Gasteiger partial charge on any atom is 0.261 e. The number of aryl methyl sites for hydroxylation is 1. The van der Waals surface area contributed by atoms with Crippen LogP contribution in [-0.4, -0.2) is 38.2 Å². The monoisotopic (exact) mass is 401 g/mol. The van der Waals surface area contributed by atoms with Gasteiger partial charge in [0.1, 0.15) is 0 Å². The molecule has 1 aliphatic rings. The highest BCUT2D eigenvalue weighted by Gasteiger charge is 2.27. The number of nitrogens with one attached hydrogen (secondary N) is 1. The number of sulfonamides is 1. The quantitative estimate of drug-likeness (QED) is 0.800. The number of primary amides is 1. The van der Waals surface area contributed by atoms with E-state index in [0.717, 1.165) is 5.56 Å². The van der Waals surface area contributed by atoms with E-state index in [9.17, 15) is 18.0 Å². The zero-order valence-electron chi connectivity index (χ0n) is 15.6. The van der Waals surface area contributed by atoms with Crippen LogP contribution in [0.15, 0.2) is 53.4 Å². The molecule has 1 fully saturated rings. The van der Waals surface area contributed by atoms with Crippen LogP contribution in [0.2, 0.25) is 0 Å². The van der Waals surface area contributed by atoms with Gasteiger partial charge in [-0.1, -0.05) is 18.2 Å². The first-order chi connectivity index (χ1) is 13.3. The van der Waals surface area contributed by atoms with Crippen LogP contribution in [0.4, 0.5) is 5.69 Å². The van der Waals surface area contributed by atoms with Crippen molar-refractivity contribution in [2.24, 2.45) is 11.7 Å². The van der Waals surface area contributed by atoms with E-state index < -0.39 is 10.0 Å². The van der Waals surface area contributed by atoms with Gasteiger partial charge in [-0.15, -0.1) is 0 Å². The molecule has 0 bridgehead atoms. The Labute approximate surface area is 164 Å². The number of carbonyl (C=O) groups is 2. The third-order valence-corrected chi connectivity index (χ3v) is 6.23. The molecule has 2 aromatic carbocycles. The third kappa shape index (κ3) is 4.51. The van der Waals surface area contributed by atoms with Gasteiger partial charge in [-0.25, -0.2) is 8.42 Å². The van der Waals surface area contributed by atoms with E-state index in [2.05, 4.69) is 4.72 Å². The molecule has 1 saturated heterocycles. The van der Waals surface area contributed by atoms with Crippen LogP contribution in [0.5, 0.6) is 0 Å². The van der Waals surface area contributed by atoms with Crippen LogP contribution in [0, 0.1) is 12.8 Å². The minimum Gasteiger partial charge on any atom is -0.369 e. The van der Waals surface area contributed by atoms with E-state index in [1.165, 1.54) is 12.1 Å². The van der Waals surface area contributed by atoms with E-state index >= 15 is 0 Å². The van der Waals surface area contributed by atoms with E-state index in [1.807, 2.05) is 13.0 Å². The SMILES string of the molecule is Cc1cccc(NS(=O)(=O)c2cccc(C(=O)N3CCC(C(N)=O)CC3)c2)c1. The summed E-state index contributed by atoms with van der Waals surface area (Å²) in [6.45, 7) is 2.72. The smallest absolute Gasteiger partial charge is 0.261 e. The molecule has 1 aliphatic heterocycles. The highest BCUT2D eigenvalue weighted by Crippen LogP contribution is 2.21. The second-order valence-corrected chi connectivity index (χ2v) is 8.65. The Kier molecular flexibility index (Phi) is 5.69. The van der Waals surface area contributed by atoms with Crippen LogP contribution >= 0.6 is 0 Å². The van der Waals surface area contributed by atoms with Crippen molar-refractivity contribution in [2.75, 3.05) is 17.8 Å². The van der Waals surface area contributed by atoms with E-state index in [-0.39, 0.29) is 22.6 Å². The molecule has 3 rings (SSSR count). The minimum atomic E-state index is -3.82. The molecule has 28 heavy (non-hydrogen) atoms. The lowest BCUT2D eigenvalue weighted by atomic mass is 9.96. The molecule has 0 atom stereocenters. The predicted molar refractivity (Wildman–Crippen MR) is 106 cm³/mol. The second kappa shape index (κ2) is 8.02. The van der Waals surface area contributed by atoms with Gasteiger partial charge in [0.15, 0.2) is 0 Å². The van der Waals surface area contributed by atoms with Gasteiger partial charge in [0.05, 0.1) is 4.90 Å². The molecule has 0 spiro atoms. The average Bonchev–Trinajstić information content (AvgIpc) is 2.67. The number of nitrogens with zero attached hydrogens (tertiary/aromatic N) is 1. The fourth-order valence-corrected chi connectivity index (χ4v) is 4.36. The fourth-order valence-electron chi connectivity index (χ4n) is 3.27. The zero-order chi connectivity index (χ0) is 20.3. The maximum absolute atomic E-state index is 12.8. The van der Waals surface area contributed by atoms with Crippen molar-refractivity contribution in [1.82, 2.24) is 4.90 Å². The van der Waals surface area contributed by atoms with Crippen molar-refractivity contribution in [2.45, 2.75) is 24.7 Å². The molecule has 0 aromatic heterocycles. The van der Waals surface area contributed by atoms with Gasteiger partial charge in [0.25, 0.3) is 15.9 Å². The Balaban J connectivity index is 1.76. The molecule has 1 heterocycles. The molecule has 0 aliphatic carbocycles. The highest BCUT2D eigenvalue weighted by molar-refractivity contribution is 7.92. The molecule has 3 N–H and O–H groups in total. The molecule has 2 amide bonds. The lowest BCUT2D eigenvalue weighted by Gasteiger charge is -2.30. The number of hydrogen-bond acceptors (Lipinski definition) is 4. The maximum atomic E-state index is 12.8. The number of amides is 2. The van der Waals surface area contributed by atoms with E-state index in [0.29, 0.717) is 37.2 Å². The highest BCUT2D eigenvalue weighted by atomic mass is 32.2. The average molecular weight is 401 g/mol. The summed E-state index contributed by atoms with van der Waals surface area (Å²) >= 11 is 0. The lowest BCUT2D eigenvalue weighted by molar-refractivity contribution is -0.123. The van der Waals surface area contributed by atoms with Crippen molar-refractivity contribution < 1.29 is 18.0 Å². The first-order valence-corrected chi connectivity index (χ1v) is 10.5. The number of likely N-dealkylation sites (tertiary alicyclic amines) is 1. The first-order valence-electron chi connectivity index (χ1n) is 9.04. The summed E-state index contributed by atoms with van der Waals surface area (Å²) < 4.78 is 27.9. The van der Waals surface area contributed by atoms with Gasteiger partial charge < -0.3 is 10.6 Å². The molecular weight excluding hydrogens is 378 g/mol. The first kappa shape index (κ1) is 19.9. The van der Waals surface area contributed by atoms with Crippen molar-refractivity contribution in [3.63, 3.8) is 0 Å². The summed E-state index contributed by atoms with van der Waals surface area (Å²) in [6.07, 6.45) is 1.04. The molecule has 148 valence electrons. The number of carbonyl (C=O) groups excluding carboxylic acids is 2. The minimum absolute atomic E-state index is 0.0203. The summed E-state index contributed by atoms with van der Waals surface area (Å²) in [5.41, 5.74) is 7.02. The molecule has 7 nitrogen and oxygen atoms in total. The fraction of sp³-hybridized carbons (Fsp3) is 0.300. The predicted octanol–water partition coefficient (Wildman–Crippen LogP) is 2.13. The number of hydrogen-bond donors (Lipinski definition) is 2. The summed E-state index contributed by atoms with van der Waals surface area (Å²) in [7, 11) is -3.82. The third-order valence-electron chi connectivity index (χ3n) is 4.85. The number of nitrogens with two attached hydrogens (primary N) is 1. The Bertz CT molecular complexity index is 996. The number of benzene rings is 2. The Morgan fingerprint density at radius 1 is 1.07 bits per heavy atom. The molecule has 0 saturated carbocycles. The number of anilines is 1. The van der Waals surface area contributed by atoms with Crippen LogP contribution in [0.25, 0.3) is 0 Å². The standard InChI is InChI=1S/C20H23N3O4S/c1-14-4-2-6-17(12-14)22-28(26,27)18-7-3-5-16(13-18)20(25)23-10-8-15(9-11-23)19(21)24/h2-7,12-13,15,22H,8-11H2,1H3,(H2,21,24). The van der Waals surface area contributed by atoms with Crippen LogP contribution in [0.1, 0.15) is 28.8 Å². The van der Waals surface area contributed by atoms with E-state index in [1.54, 1.807) is 35.2 Å². The number of rotatable bonds is 5. The van der Waals surface area contributed by atoms with Gasteiger partial charge in [-0.05, 0) is 55.7 Å². The molecule has 8 heteroatoms. The molecule has 0 unspecified atom stereocenters. The van der Waals surface area contributed by atoms with Crippen LogP contribution in [0.3, 0.4) is 0 Å². The van der Waals surface area contributed by atoms with Crippen molar-refractivity contribution in [1.29, 1.82) is 0 Å². The van der Waals surface area contributed by atoms with Crippen LogP contribution < -0.4 is 10.5 Å². The summed E-state index contributed by atoms with van der Waals surface area (Å²) in [4.78, 5) is 25.7. The molecule has 2 aromatic rings. The Morgan fingerprint density at radius 3 is 2.39 bits per heavy atom. The van der Waals surface area contributed by atoms with Crippen molar-refractivity contribution in [3.05, 3.63) is 59.7 Å². The lowest BCUT2D eigenvalue weighted by Crippen LogP contribution is -2.41. The summed E-state index contributed by atoms with van der Waals surface area (Å²) in [5, 5.41) is 0. The second-order valence-electron chi connectivity index (χ2n) is 6.97. The summed E-state index contributed by atoms with van der Waals surface area (Å²) in [6, 6.07) is 13.0. The van der Waals surface area contributed by atoms with Crippen molar-refractivity contribution in [3.8, 4) is 0 Å². The zero-order valence-corrected chi connectivity index (χ0v) is 16.4. The largest absolute Gasteiger partial charge is 0.369 e. The van der Waals surface area contributed by atoms with Gasteiger partial charge in [0, 0.05) is 30.3 Å². The molecular formula is C20H23N3O4S. The van der Waals surface area contributed by atoms with Gasteiger partial charge >= 0.3 is 0 Å². The van der Waals surface area contributed by atoms with Crippen LogP contribution in [-0.2, 0) is 14.8 Å². The topological polar surface area (TPSA) is 110 Å². The van der Waals surface area contributed by atoms with Gasteiger partial charge in [-0.2, -0.15) is 0 Å². The summed E-state index contributed by atoms with van der Waals surface area (Å²) in [5.74, 6) is -0.813. The number of piperidine rings is 1. The Morgan fingerprint density at radius 2 is 1.75 bits per heavy atom. The molecule has 0 radical (unpaired) electrons. The van der Waals surface area contributed by atoms with Gasteiger partial charge in [0.2, 0.25) is 5.91 Å².